The van der Waals surface area contributed by atoms with Crippen LogP contribution in [0.5, 0.6) is 23.0 Å². The molecule has 0 aromatic heterocycles. The van der Waals surface area contributed by atoms with Gasteiger partial charge >= 0.3 is 0 Å². The van der Waals surface area contributed by atoms with Crippen LogP contribution in [-0.2, 0) is 0 Å². The van der Waals surface area contributed by atoms with Gasteiger partial charge in [0.25, 0.3) is 0 Å². The van der Waals surface area contributed by atoms with Crippen molar-refractivity contribution in [1.29, 1.82) is 0 Å². The lowest BCUT2D eigenvalue weighted by Gasteiger charge is -2.14. The van der Waals surface area contributed by atoms with Crippen molar-refractivity contribution in [3.05, 3.63) is 33.9 Å². The molecule has 2 aromatic rings. The Kier molecular flexibility index (Phi) is 5.17. The van der Waals surface area contributed by atoms with Crippen LogP contribution in [0.25, 0.3) is 11.1 Å². The number of ether oxygens (including phenoxy) is 4. The van der Waals surface area contributed by atoms with Crippen LogP contribution in [0.3, 0.4) is 0 Å². The van der Waals surface area contributed by atoms with Gasteiger partial charge in [0.05, 0.1) is 28.4 Å². The molecule has 0 aliphatic heterocycles. The molecule has 4 nitrogen and oxygen atoms in total. The molecule has 0 aliphatic rings. The van der Waals surface area contributed by atoms with E-state index in [2.05, 4.69) is 22.6 Å². The lowest BCUT2D eigenvalue weighted by atomic mass is 10.0. The first-order valence-electron chi connectivity index (χ1n) is 6.28. The summed E-state index contributed by atoms with van der Waals surface area (Å²) in [4.78, 5) is 0. The third-order valence-corrected chi connectivity index (χ3v) is 4.06. The van der Waals surface area contributed by atoms with Gasteiger partial charge in [-0.1, -0.05) is 6.07 Å². The Morgan fingerprint density at radius 2 is 1.19 bits per heavy atom. The molecule has 0 atom stereocenters. The van der Waals surface area contributed by atoms with Gasteiger partial charge < -0.3 is 18.9 Å². The van der Waals surface area contributed by atoms with Crippen LogP contribution < -0.4 is 18.9 Å². The second kappa shape index (κ2) is 6.89. The van der Waals surface area contributed by atoms with Gasteiger partial charge in [-0.25, -0.2) is 0 Å². The summed E-state index contributed by atoms with van der Waals surface area (Å²) >= 11 is 2.28. The quantitative estimate of drug-likeness (QED) is 0.712. The van der Waals surface area contributed by atoms with Crippen molar-refractivity contribution in [2.45, 2.75) is 0 Å². The van der Waals surface area contributed by atoms with Crippen molar-refractivity contribution in [1.82, 2.24) is 0 Å². The Balaban J connectivity index is 2.56. The number of hydrogen-bond acceptors (Lipinski definition) is 4. The normalized spacial score (nSPS) is 10.1. The van der Waals surface area contributed by atoms with Gasteiger partial charge in [0.15, 0.2) is 23.0 Å². The summed E-state index contributed by atoms with van der Waals surface area (Å²) in [7, 11) is 6.51. The lowest BCUT2D eigenvalue weighted by Crippen LogP contribution is -1.95. The topological polar surface area (TPSA) is 36.9 Å². The van der Waals surface area contributed by atoms with E-state index in [1.807, 2.05) is 30.3 Å². The molecule has 0 N–H and O–H groups in total. The number of halogens is 1. The molecule has 0 fully saturated rings. The number of rotatable bonds is 5. The highest BCUT2D eigenvalue weighted by Gasteiger charge is 2.13. The van der Waals surface area contributed by atoms with Crippen LogP contribution >= 0.6 is 22.6 Å². The minimum absolute atomic E-state index is 0.695. The second-order valence-corrected chi connectivity index (χ2v) is 5.42. The minimum atomic E-state index is 0.695. The van der Waals surface area contributed by atoms with Gasteiger partial charge in [-0.2, -0.15) is 0 Å². The highest BCUT2D eigenvalue weighted by Crippen LogP contribution is 2.39. The summed E-state index contributed by atoms with van der Waals surface area (Å²) in [6.45, 7) is 0. The van der Waals surface area contributed by atoms with Crippen molar-refractivity contribution < 1.29 is 18.9 Å². The van der Waals surface area contributed by atoms with Crippen molar-refractivity contribution in [3.8, 4) is 34.1 Å². The fourth-order valence-electron chi connectivity index (χ4n) is 2.08. The van der Waals surface area contributed by atoms with E-state index >= 15 is 0 Å². The molecule has 0 bridgehead atoms. The molecule has 0 spiro atoms. The lowest BCUT2D eigenvalue weighted by molar-refractivity contribution is 0.354. The molecular formula is C16H17IO4. The van der Waals surface area contributed by atoms with Crippen LogP contribution in [-0.4, -0.2) is 28.4 Å². The first-order chi connectivity index (χ1) is 10.1. The van der Waals surface area contributed by atoms with E-state index in [1.165, 1.54) is 0 Å². The first kappa shape index (κ1) is 15.8. The smallest absolute Gasteiger partial charge is 0.161 e. The van der Waals surface area contributed by atoms with Crippen LogP contribution in [0.1, 0.15) is 0 Å². The Labute approximate surface area is 138 Å². The van der Waals surface area contributed by atoms with Gasteiger partial charge in [0.2, 0.25) is 0 Å². The van der Waals surface area contributed by atoms with Crippen molar-refractivity contribution in [2.75, 3.05) is 28.4 Å². The molecule has 0 aliphatic carbocycles. The molecular weight excluding hydrogens is 383 g/mol. The summed E-state index contributed by atoms with van der Waals surface area (Å²) in [5.41, 5.74) is 2.08. The Hall–Kier alpha value is -1.63. The van der Waals surface area contributed by atoms with Crippen molar-refractivity contribution >= 4 is 22.6 Å². The van der Waals surface area contributed by atoms with E-state index in [1.54, 1.807) is 28.4 Å². The highest BCUT2D eigenvalue weighted by molar-refractivity contribution is 14.1. The molecule has 21 heavy (non-hydrogen) atoms. The predicted molar refractivity (Wildman–Crippen MR) is 90.8 cm³/mol. The Morgan fingerprint density at radius 1 is 0.667 bits per heavy atom. The monoisotopic (exact) mass is 400 g/mol. The summed E-state index contributed by atoms with van der Waals surface area (Å²) in [6.07, 6.45) is 0. The van der Waals surface area contributed by atoms with E-state index < -0.39 is 0 Å². The predicted octanol–water partition coefficient (Wildman–Crippen LogP) is 3.99. The zero-order chi connectivity index (χ0) is 15.4. The number of benzene rings is 2. The molecule has 0 heterocycles. The van der Waals surface area contributed by atoms with E-state index in [9.17, 15) is 0 Å². The average molecular weight is 400 g/mol. The Bertz CT molecular complexity index is 640. The van der Waals surface area contributed by atoms with E-state index in [0.29, 0.717) is 23.0 Å². The van der Waals surface area contributed by atoms with Gasteiger partial charge in [-0.3, -0.25) is 0 Å². The fraction of sp³-hybridized carbons (Fsp3) is 0.250. The van der Waals surface area contributed by atoms with E-state index in [-0.39, 0.29) is 0 Å². The van der Waals surface area contributed by atoms with Crippen LogP contribution in [0.2, 0.25) is 0 Å². The maximum absolute atomic E-state index is 5.37. The summed E-state index contributed by atoms with van der Waals surface area (Å²) in [6, 6.07) is 9.74. The zero-order valence-corrected chi connectivity index (χ0v) is 14.6. The third kappa shape index (κ3) is 3.18. The molecule has 0 radical (unpaired) electrons. The van der Waals surface area contributed by atoms with Crippen molar-refractivity contribution in [3.63, 3.8) is 0 Å². The van der Waals surface area contributed by atoms with Gasteiger partial charge in [0, 0.05) is 3.57 Å². The van der Waals surface area contributed by atoms with Gasteiger partial charge in [-0.15, -0.1) is 0 Å². The molecule has 2 rings (SSSR count). The molecule has 0 saturated heterocycles. The summed E-state index contributed by atoms with van der Waals surface area (Å²) < 4.78 is 22.4. The number of hydrogen-bond donors (Lipinski definition) is 0. The maximum atomic E-state index is 5.37. The van der Waals surface area contributed by atoms with E-state index in [4.69, 9.17) is 18.9 Å². The molecule has 0 amide bonds. The average Bonchev–Trinajstić information content (AvgIpc) is 2.53. The highest BCUT2D eigenvalue weighted by atomic mass is 127. The second-order valence-electron chi connectivity index (χ2n) is 4.26. The molecule has 0 saturated carbocycles. The standard InChI is InChI=1S/C16H17IO4/c1-18-13-6-5-10(7-14(13)19-2)11-8-15(20-3)16(21-4)9-12(11)17/h5-9H,1-4H3. The van der Waals surface area contributed by atoms with Crippen LogP contribution in [0.15, 0.2) is 30.3 Å². The fourth-order valence-corrected chi connectivity index (χ4v) is 2.83. The minimum Gasteiger partial charge on any atom is -0.493 e. The zero-order valence-electron chi connectivity index (χ0n) is 12.4. The molecule has 5 heteroatoms. The van der Waals surface area contributed by atoms with E-state index in [0.717, 1.165) is 14.7 Å². The van der Waals surface area contributed by atoms with Crippen LogP contribution in [0.4, 0.5) is 0 Å². The van der Waals surface area contributed by atoms with Crippen molar-refractivity contribution in [2.24, 2.45) is 0 Å². The van der Waals surface area contributed by atoms with Gasteiger partial charge in [0.1, 0.15) is 0 Å². The summed E-state index contributed by atoms with van der Waals surface area (Å²) in [5.74, 6) is 2.81. The van der Waals surface area contributed by atoms with Crippen LogP contribution in [0, 0.1) is 3.57 Å². The molecule has 2 aromatic carbocycles. The Morgan fingerprint density at radius 3 is 1.76 bits per heavy atom. The molecule has 0 unspecified atom stereocenters. The first-order valence-corrected chi connectivity index (χ1v) is 7.36. The third-order valence-electron chi connectivity index (χ3n) is 3.17. The number of methoxy groups -OCH3 is 4. The summed E-state index contributed by atoms with van der Waals surface area (Å²) in [5, 5.41) is 0. The van der Waals surface area contributed by atoms with Gasteiger partial charge in [-0.05, 0) is 58.0 Å². The molecule has 112 valence electrons. The maximum Gasteiger partial charge on any atom is 0.161 e. The largest absolute Gasteiger partial charge is 0.493 e. The SMILES string of the molecule is COc1ccc(-c2cc(OC)c(OC)cc2I)cc1OC.